The molecule has 1 aromatic heterocycles. The molecule has 2 fully saturated rings. The number of carbonyl (C=O) groups excluding carboxylic acids is 4. The second-order valence-electron chi connectivity index (χ2n) is 8.57. The van der Waals surface area contributed by atoms with Gasteiger partial charge in [0.25, 0.3) is 5.91 Å². The lowest BCUT2D eigenvalue weighted by Gasteiger charge is -2.23. The second-order valence-corrected chi connectivity index (χ2v) is 8.98. The molecular weight excluding hydrogens is 434 g/mol. The average Bonchev–Trinajstić information content (AvgIpc) is 3.30. The van der Waals surface area contributed by atoms with Gasteiger partial charge in [-0.25, -0.2) is 0 Å². The Hall–Kier alpha value is -3.07. The Morgan fingerprint density at radius 3 is 2.53 bits per heavy atom. The first-order chi connectivity index (χ1) is 15.3. The highest BCUT2D eigenvalue weighted by atomic mass is 35.5. The van der Waals surface area contributed by atoms with Crippen LogP contribution in [0.25, 0.3) is 10.9 Å². The number of nitrogens with one attached hydrogen (secondary N) is 4. The van der Waals surface area contributed by atoms with Gasteiger partial charge in [-0.3, -0.25) is 19.2 Å². The maximum absolute atomic E-state index is 13.0. The van der Waals surface area contributed by atoms with Crippen molar-refractivity contribution in [3.8, 4) is 0 Å². The number of hydrogen-bond donors (Lipinski definition) is 5. The molecule has 4 amide bonds. The van der Waals surface area contributed by atoms with Crippen molar-refractivity contribution in [1.82, 2.24) is 20.9 Å². The van der Waals surface area contributed by atoms with Gasteiger partial charge >= 0.3 is 0 Å². The van der Waals surface area contributed by atoms with E-state index in [0.717, 1.165) is 18.2 Å². The van der Waals surface area contributed by atoms with E-state index < -0.39 is 29.8 Å². The van der Waals surface area contributed by atoms with Gasteiger partial charge in [0.2, 0.25) is 17.7 Å². The van der Waals surface area contributed by atoms with E-state index in [-0.39, 0.29) is 23.9 Å². The smallest absolute Gasteiger partial charge is 0.268 e. The van der Waals surface area contributed by atoms with Crippen molar-refractivity contribution in [2.24, 2.45) is 17.6 Å². The van der Waals surface area contributed by atoms with E-state index in [1.807, 2.05) is 6.07 Å². The van der Waals surface area contributed by atoms with E-state index in [2.05, 4.69) is 20.9 Å². The number of benzene rings is 1. The quantitative estimate of drug-likeness (QED) is 0.383. The van der Waals surface area contributed by atoms with Crippen molar-refractivity contribution in [3.63, 3.8) is 0 Å². The SMILES string of the molecule is NC(=O)[C@H](C[C@@H]1CCNC1=O)NC(=O)[C@H](CC1CC1)NC(=O)c1cc2cccc(Cl)c2[nH]1. The maximum Gasteiger partial charge on any atom is 0.268 e. The van der Waals surface area contributed by atoms with Crippen LogP contribution in [0.5, 0.6) is 0 Å². The van der Waals surface area contributed by atoms with Crippen LogP contribution in [0.3, 0.4) is 0 Å². The molecule has 0 bridgehead atoms. The number of carbonyl (C=O) groups is 4. The minimum Gasteiger partial charge on any atom is -0.368 e. The lowest BCUT2D eigenvalue weighted by molar-refractivity contribution is -0.130. The molecule has 170 valence electrons. The summed E-state index contributed by atoms with van der Waals surface area (Å²) in [5, 5.41) is 9.42. The number of fused-ring (bicyclic) bond motifs is 1. The van der Waals surface area contributed by atoms with Crippen LogP contribution < -0.4 is 21.7 Å². The molecule has 4 rings (SSSR count). The van der Waals surface area contributed by atoms with Crippen LogP contribution in [0.15, 0.2) is 24.3 Å². The molecule has 6 N–H and O–H groups in total. The van der Waals surface area contributed by atoms with Gasteiger partial charge in [-0.1, -0.05) is 36.6 Å². The topological polar surface area (TPSA) is 146 Å². The van der Waals surface area contributed by atoms with Crippen LogP contribution in [0.2, 0.25) is 5.02 Å². The molecule has 2 aliphatic rings. The minimum atomic E-state index is -0.984. The summed E-state index contributed by atoms with van der Waals surface area (Å²) in [4.78, 5) is 52.7. The summed E-state index contributed by atoms with van der Waals surface area (Å²) in [6.45, 7) is 0.539. The Morgan fingerprint density at radius 2 is 1.91 bits per heavy atom. The molecule has 10 heteroatoms. The molecule has 1 saturated carbocycles. The predicted octanol–water partition coefficient (Wildman–Crippen LogP) is 1.22. The normalized spacial score (nSPS) is 19.9. The van der Waals surface area contributed by atoms with E-state index in [0.29, 0.717) is 35.8 Å². The molecule has 2 aromatic rings. The van der Waals surface area contributed by atoms with Crippen LogP contribution in [-0.4, -0.2) is 47.2 Å². The Kier molecular flexibility index (Phi) is 6.36. The van der Waals surface area contributed by atoms with Crippen molar-refractivity contribution in [2.75, 3.05) is 6.54 Å². The predicted molar refractivity (Wildman–Crippen MR) is 119 cm³/mol. The third-order valence-electron chi connectivity index (χ3n) is 6.08. The first-order valence-corrected chi connectivity index (χ1v) is 11.1. The van der Waals surface area contributed by atoms with Gasteiger partial charge in [-0.15, -0.1) is 0 Å². The highest BCUT2D eigenvalue weighted by Gasteiger charge is 2.34. The summed E-state index contributed by atoms with van der Waals surface area (Å²) in [6, 6.07) is 5.21. The molecule has 3 atom stereocenters. The number of nitrogens with two attached hydrogens (primary N) is 1. The third-order valence-corrected chi connectivity index (χ3v) is 6.40. The van der Waals surface area contributed by atoms with Crippen molar-refractivity contribution >= 4 is 46.1 Å². The average molecular weight is 460 g/mol. The molecule has 1 saturated heterocycles. The Labute approximate surface area is 189 Å². The number of rotatable bonds is 9. The molecule has 32 heavy (non-hydrogen) atoms. The number of amides is 4. The van der Waals surface area contributed by atoms with E-state index in [4.69, 9.17) is 17.3 Å². The van der Waals surface area contributed by atoms with Crippen molar-refractivity contribution in [2.45, 2.75) is 44.2 Å². The summed E-state index contributed by atoms with van der Waals surface area (Å²) >= 11 is 6.18. The van der Waals surface area contributed by atoms with Crippen LogP contribution in [0.4, 0.5) is 0 Å². The lowest BCUT2D eigenvalue weighted by atomic mass is 9.97. The number of H-pyrrole nitrogens is 1. The lowest BCUT2D eigenvalue weighted by Crippen LogP contribution is -2.53. The number of halogens is 1. The first kappa shape index (κ1) is 22.1. The Balaban J connectivity index is 1.45. The standard InChI is InChI=1S/C22H26ClN5O4/c23-14-3-1-2-12-9-17(26-18(12)14)22(32)28-16(8-11-4-5-11)21(31)27-15(19(24)29)10-13-6-7-25-20(13)30/h1-3,9,11,13,15-16,26H,4-8,10H2,(H2,24,29)(H,25,30)(H,27,31)(H,28,32)/t13-,15-,16-/m0/s1. The zero-order valence-electron chi connectivity index (χ0n) is 17.4. The fourth-order valence-electron chi connectivity index (χ4n) is 4.07. The van der Waals surface area contributed by atoms with Gasteiger partial charge in [0.15, 0.2) is 0 Å². The van der Waals surface area contributed by atoms with Crippen LogP contribution in [0.1, 0.15) is 42.6 Å². The van der Waals surface area contributed by atoms with Crippen LogP contribution >= 0.6 is 11.6 Å². The highest BCUT2D eigenvalue weighted by Crippen LogP contribution is 2.33. The molecule has 1 aliphatic heterocycles. The summed E-state index contributed by atoms with van der Waals surface area (Å²) in [7, 11) is 0. The minimum absolute atomic E-state index is 0.136. The van der Waals surface area contributed by atoms with E-state index in [1.165, 1.54) is 0 Å². The fraction of sp³-hybridized carbons (Fsp3) is 0.455. The zero-order chi connectivity index (χ0) is 22.8. The van der Waals surface area contributed by atoms with Crippen molar-refractivity contribution in [3.05, 3.63) is 35.0 Å². The fourth-order valence-corrected chi connectivity index (χ4v) is 4.30. The molecule has 0 spiro atoms. The molecule has 2 heterocycles. The molecule has 0 unspecified atom stereocenters. The number of para-hydroxylation sites is 1. The van der Waals surface area contributed by atoms with Crippen LogP contribution in [-0.2, 0) is 14.4 Å². The number of aromatic amines is 1. The van der Waals surface area contributed by atoms with Gasteiger partial charge in [-0.05, 0) is 37.3 Å². The van der Waals surface area contributed by atoms with Gasteiger partial charge in [-0.2, -0.15) is 0 Å². The summed E-state index contributed by atoms with van der Waals surface area (Å²) in [5.41, 5.74) is 6.41. The van der Waals surface area contributed by atoms with Crippen molar-refractivity contribution < 1.29 is 19.2 Å². The number of aromatic nitrogens is 1. The van der Waals surface area contributed by atoms with Gasteiger partial charge in [0.1, 0.15) is 17.8 Å². The monoisotopic (exact) mass is 459 g/mol. The number of hydrogen-bond acceptors (Lipinski definition) is 4. The molecule has 1 aliphatic carbocycles. The van der Waals surface area contributed by atoms with E-state index in [1.54, 1.807) is 18.2 Å². The molecule has 0 radical (unpaired) electrons. The van der Waals surface area contributed by atoms with E-state index >= 15 is 0 Å². The largest absolute Gasteiger partial charge is 0.368 e. The second kappa shape index (κ2) is 9.20. The van der Waals surface area contributed by atoms with Crippen LogP contribution in [0, 0.1) is 11.8 Å². The summed E-state index contributed by atoms with van der Waals surface area (Å²) in [5.74, 6) is -1.81. The van der Waals surface area contributed by atoms with Crippen molar-refractivity contribution in [1.29, 1.82) is 0 Å². The Morgan fingerprint density at radius 1 is 1.12 bits per heavy atom. The Bertz CT molecular complexity index is 1060. The molecular formula is C22H26ClN5O4. The van der Waals surface area contributed by atoms with Gasteiger partial charge < -0.3 is 26.7 Å². The first-order valence-electron chi connectivity index (χ1n) is 10.8. The summed E-state index contributed by atoms with van der Waals surface area (Å²) in [6.07, 6.45) is 3.17. The van der Waals surface area contributed by atoms with E-state index in [9.17, 15) is 19.2 Å². The molecule has 1 aromatic carbocycles. The highest BCUT2D eigenvalue weighted by molar-refractivity contribution is 6.35. The number of primary amides is 1. The summed E-state index contributed by atoms with van der Waals surface area (Å²) < 4.78 is 0. The van der Waals surface area contributed by atoms with Gasteiger partial charge in [0.05, 0.1) is 10.5 Å². The zero-order valence-corrected chi connectivity index (χ0v) is 18.2. The maximum atomic E-state index is 13.0. The molecule has 9 nitrogen and oxygen atoms in total. The third kappa shape index (κ3) is 5.04. The van der Waals surface area contributed by atoms with Gasteiger partial charge in [0, 0.05) is 17.8 Å².